The summed E-state index contributed by atoms with van der Waals surface area (Å²) in [5.74, 6) is 0. The van der Waals surface area contributed by atoms with Crippen LogP contribution in [0.15, 0.2) is 41.6 Å². The second-order valence-electron chi connectivity index (χ2n) is 5.81. The van der Waals surface area contributed by atoms with Crippen molar-refractivity contribution in [1.82, 2.24) is 23.5 Å². The zero-order valence-corrected chi connectivity index (χ0v) is 15.0. The van der Waals surface area contributed by atoms with Crippen LogP contribution in [0, 0.1) is 0 Å². The van der Waals surface area contributed by atoms with Crippen molar-refractivity contribution in [2.45, 2.75) is 24.8 Å². The van der Waals surface area contributed by atoms with Gasteiger partial charge in [0.25, 0.3) is 10.0 Å². The third-order valence-corrected chi connectivity index (χ3v) is 5.67. The van der Waals surface area contributed by atoms with E-state index in [2.05, 4.69) is 23.6 Å². The molecule has 0 amide bonds. The lowest BCUT2D eigenvalue weighted by molar-refractivity contribution is 0.546. The minimum atomic E-state index is -3.80. The molecule has 3 aromatic heterocycles. The molecule has 0 unspecified atom stereocenters. The molecular formula is C15H14N6O2S2. The standard InChI is InChI=1S/C15H14N6O2S2/c1-9(2)21-15-10(7-17-21)6-11(8-16-15)20-25(22,23)13-5-3-4-12-14(13)19-24-18-12/h3-9,20H,1-2H3. The van der Waals surface area contributed by atoms with Gasteiger partial charge in [-0.1, -0.05) is 6.07 Å². The first-order valence-corrected chi connectivity index (χ1v) is 9.74. The molecule has 25 heavy (non-hydrogen) atoms. The molecule has 3 heterocycles. The molecule has 8 nitrogen and oxygen atoms in total. The molecule has 128 valence electrons. The second kappa shape index (κ2) is 5.74. The maximum absolute atomic E-state index is 12.7. The molecule has 0 spiro atoms. The lowest BCUT2D eigenvalue weighted by Gasteiger charge is -2.09. The van der Waals surface area contributed by atoms with E-state index in [0.29, 0.717) is 22.4 Å². The maximum atomic E-state index is 12.7. The minimum Gasteiger partial charge on any atom is -0.278 e. The number of nitrogens with zero attached hydrogens (tertiary/aromatic N) is 5. The number of nitrogens with one attached hydrogen (secondary N) is 1. The summed E-state index contributed by atoms with van der Waals surface area (Å²) in [6.45, 7) is 4.01. The van der Waals surface area contributed by atoms with Crippen molar-refractivity contribution < 1.29 is 8.42 Å². The fourth-order valence-corrected chi connectivity index (χ4v) is 4.38. The van der Waals surface area contributed by atoms with Gasteiger partial charge in [-0.25, -0.2) is 18.1 Å². The van der Waals surface area contributed by atoms with Gasteiger partial charge in [0, 0.05) is 11.4 Å². The monoisotopic (exact) mass is 374 g/mol. The first kappa shape index (κ1) is 15.9. The first-order valence-electron chi connectivity index (χ1n) is 7.53. The summed E-state index contributed by atoms with van der Waals surface area (Å²) >= 11 is 0.981. The number of sulfonamides is 1. The number of pyridine rings is 1. The Balaban J connectivity index is 1.74. The predicted molar refractivity (Wildman–Crippen MR) is 96.1 cm³/mol. The average molecular weight is 374 g/mol. The zero-order valence-electron chi connectivity index (χ0n) is 13.4. The number of hydrogen-bond acceptors (Lipinski definition) is 7. The summed E-state index contributed by atoms with van der Waals surface area (Å²) in [5, 5.41) is 5.05. The van der Waals surface area contributed by atoms with Gasteiger partial charge in [0.05, 0.1) is 29.8 Å². The molecule has 0 bridgehead atoms. The third-order valence-electron chi connectivity index (χ3n) is 3.71. The van der Waals surface area contributed by atoms with Crippen LogP contribution in [0.5, 0.6) is 0 Å². The average Bonchev–Trinajstić information content (AvgIpc) is 3.20. The van der Waals surface area contributed by atoms with E-state index in [-0.39, 0.29) is 10.9 Å². The fourth-order valence-electron chi connectivity index (χ4n) is 2.58. The summed E-state index contributed by atoms with van der Waals surface area (Å²) < 4.78 is 38.0. The molecule has 0 saturated carbocycles. The van der Waals surface area contributed by atoms with Crippen molar-refractivity contribution in [2.75, 3.05) is 4.72 Å². The quantitative estimate of drug-likeness (QED) is 0.589. The summed E-state index contributed by atoms with van der Waals surface area (Å²) in [6, 6.07) is 6.76. The summed E-state index contributed by atoms with van der Waals surface area (Å²) in [4.78, 5) is 4.43. The fraction of sp³-hybridized carbons (Fsp3) is 0.200. The summed E-state index contributed by atoms with van der Waals surface area (Å²) in [5.41, 5.74) is 2.00. The Morgan fingerprint density at radius 3 is 2.84 bits per heavy atom. The van der Waals surface area contributed by atoms with Gasteiger partial charge < -0.3 is 0 Å². The lowest BCUT2D eigenvalue weighted by Crippen LogP contribution is -2.13. The normalized spacial score (nSPS) is 12.3. The van der Waals surface area contributed by atoms with Gasteiger partial charge in [-0.05, 0) is 32.0 Å². The number of fused-ring (bicyclic) bond motifs is 2. The Hall–Kier alpha value is -2.59. The lowest BCUT2D eigenvalue weighted by atomic mass is 10.3. The van der Waals surface area contributed by atoms with Crippen molar-refractivity contribution in [1.29, 1.82) is 0 Å². The number of anilines is 1. The largest absolute Gasteiger partial charge is 0.278 e. The number of rotatable bonds is 4. The number of benzene rings is 1. The van der Waals surface area contributed by atoms with Crippen LogP contribution in [-0.4, -0.2) is 31.9 Å². The van der Waals surface area contributed by atoms with E-state index in [1.165, 1.54) is 12.3 Å². The van der Waals surface area contributed by atoms with Gasteiger partial charge in [0.15, 0.2) is 5.65 Å². The van der Waals surface area contributed by atoms with Gasteiger partial charge in [-0.15, -0.1) is 0 Å². The van der Waals surface area contributed by atoms with E-state index in [4.69, 9.17) is 0 Å². The molecule has 0 atom stereocenters. The van der Waals surface area contributed by atoms with Crippen molar-refractivity contribution in [2.24, 2.45) is 0 Å². The number of hydrogen-bond donors (Lipinski definition) is 1. The van der Waals surface area contributed by atoms with E-state index in [1.54, 1.807) is 29.1 Å². The van der Waals surface area contributed by atoms with Crippen LogP contribution in [-0.2, 0) is 10.0 Å². The van der Waals surface area contributed by atoms with E-state index >= 15 is 0 Å². The third kappa shape index (κ3) is 2.72. The van der Waals surface area contributed by atoms with Crippen LogP contribution in [0.2, 0.25) is 0 Å². The first-order chi connectivity index (χ1) is 12.0. The van der Waals surface area contributed by atoms with Crippen LogP contribution in [0.1, 0.15) is 19.9 Å². The molecule has 4 aromatic rings. The molecule has 0 aliphatic rings. The molecule has 4 rings (SSSR count). The van der Waals surface area contributed by atoms with Crippen LogP contribution in [0.25, 0.3) is 22.1 Å². The highest BCUT2D eigenvalue weighted by molar-refractivity contribution is 7.93. The predicted octanol–water partition coefficient (Wildman–Crippen LogP) is 2.82. The maximum Gasteiger partial charge on any atom is 0.264 e. The van der Waals surface area contributed by atoms with Crippen LogP contribution < -0.4 is 4.72 Å². The molecule has 10 heteroatoms. The Kier molecular flexibility index (Phi) is 3.65. The van der Waals surface area contributed by atoms with E-state index in [1.807, 2.05) is 13.8 Å². The van der Waals surface area contributed by atoms with Gasteiger partial charge >= 0.3 is 0 Å². The summed E-state index contributed by atoms with van der Waals surface area (Å²) in [7, 11) is -3.80. The summed E-state index contributed by atoms with van der Waals surface area (Å²) in [6.07, 6.45) is 3.16. The van der Waals surface area contributed by atoms with E-state index in [0.717, 1.165) is 17.1 Å². The van der Waals surface area contributed by atoms with Crippen molar-refractivity contribution in [3.05, 3.63) is 36.7 Å². The van der Waals surface area contributed by atoms with Crippen molar-refractivity contribution in [3.8, 4) is 0 Å². The molecule has 0 fully saturated rings. The van der Waals surface area contributed by atoms with Gasteiger partial charge in [0.1, 0.15) is 15.9 Å². The van der Waals surface area contributed by atoms with Crippen LogP contribution in [0.4, 0.5) is 5.69 Å². The molecule has 1 N–H and O–H groups in total. The Labute approximate surface area is 147 Å². The Morgan fingerprint density at radius 2 is 2.04 bits per heavy atom. The highest BCUT2D eigenvalue weighted by Gasteiger charge is 2.20. The van der Waals surface area contributed by atoms with Gasteiger partial charge in [0.2, 0.25) is 0 Å². The Bertz CT molecular complexity index is 1180. The van der Waals surface area contributed by atoms with Crippen molar-refractivity contribution in [3.63, 3.8) is 0 Å². The van der Waals surface area contributed by atoms with E-state index in [9.17, 15) is 8.42 Å². The van der Waals surface area contributed by atoms with Crippen molar-refractivity contribution >= 4 is 49.5 Å². The molecule has 0 aliphatic carbocycles. The van der Waals surface area contributed by atoms with Gasteiger partial charge in [-0.3, -0.25) is 4.72 Å². The second-order valence-corrected chi connectivity index (χ2v) is 7.99. The van der Waals surface area contributed by atoms with Gasteiger partial charge in [-0.2, -0.15) is 13.8 Å². The highest BCUT2D eigenvalue weighted by Crippen LogP contribution is 2.25. The topological polar surface area (TPSA) is 103 Å². The molecule has 0 radical (unpaired) electrons. The van der Waals surface area contributed by atoms with E-state index < -0.39 is 10.0 Å². The minimum absolute atomic E-state index is 0.0942. The number of aromatic nitrogens is 5. The molecule has 0 saturated heterocycles. The van der Waals surface area contributed by atoms with Crippen LogP contribution >= 0.6 is 11.7 Å². The molecule has 1 aromatic carbocycles. The smallest absolute Gasteiger partial charge is 0.264 e. The Morgan fingerprint density at radius 1 is 1.20 bits per heavy atom. The highest BCUT2D eigenvalue weighted by atomic mass is 32.2. The molecular weight excluding hydrogens is 360 g/mol. The zero-order chi connectivity index (χ0) is 17.6. The van der Waals surface area contributed by atoms with Crippen LogP contribution in [0.3, 0.4) is 0 Å². The molecule has 0 aliphatic heterocycles. The SMILES string of the molecule is CC(C)n1ncc2cc(NS(=O)(=O)c3cccc4nsnc34)cnc21.